The van der Waals surface area contributed by atoms with Crippen molar-refractivity contribution in [3.05, 3.63) is 39.8 Å². The number of benzene rings is 1. The standard InChI is InChI=1S/C13H14N4O3/c1-8-2-3-10(17(18)19)5-11(8)13-15-12(20-16-13)4-9-6-14-7-9/h2-3,5,9,14H,4,6-7H2,1H3. The van der Waals surface area contributed by atoms with Gasteiger partial charge in [-0.25, -0.2) is 0 Å². The van der Waals surface area contributed by atoms with Gasteiger partial charge < -0.3 is 9.84 Å². The van der Waals surface area contributed by atoms with Gasteiger partial charge in [0.2, 0.25) is 11.7 Å². The molecule has 1 aromatic heterocycles. The number of nitrogens with one attached hydrogen (secondary N) is 1. The Morgan fingerprint density at radius 1 is 1.50 bits per heavy atom. The highest BCUT2D eigenvalue weighted by atomic mass is 16.6. The second-order valence-corrected chi connectivity index (χ2v) is 5.00. The lowest BCUT2D eigenvalue weighted by atomic mass is 10.00. The SMILES string of the molecule is Cc1ccc([N+](=O)[O-])cc1-c1noc(CC2CNC2)n1. The first-order chi connectivity index (χ1) is 9.63. The van der Waals surface area contributed by atoms with E-state index >= 15 is 0 Å². The quantitative estimate of drug-likeness (QED) is 0.673. The van der Waals surface area contributed by atoms with Crippen LogP contribution in [-0.4, -0.2) is 28.2 Å². The molecule has 104 valence electrons. The van der Waals surface area contributed by atoms with E-state index in [1.54, 1.807) is 6.07 Å². The molecule has 0 saturated carbocycles. The maximum atomic E-state index is 10.8. The van der Waals surface area contributed by atoms with Crippen molar-refractivity contribution in [2.45, 2.75) is 13.3 Å². The smallest absolute Gasteiger partial charge is 0.270 e. The van der Waals surface area contributed by atoms with Crippen molar-refractivity contribution >= 4 is 5.69 Å². The van der Waals surface area contributed by atoms with Crippen molar-refractivity contribution in [3.63, 3.8) is 0 Å². The molecule has 3 rings (SSSR count). The molecule has 1 fully saturated rings. The average molecular weight is 274 g/mol. The third-order valence-electron chi connectivity index (χ3n) is 3.47. The van der Waals surface area contributed by atoms with Crippen molar-refractivity contribution in [2.24, 2.45) is 5.92 Å². The van der Waals surface area contributed by atoms with Crippen molar-refractivity contribution in [1.29, 1.82) is 0 Å². The van der Waals surface area contributed by atoms with E-state index in [0.29, 0.717) is 23.2 Å². The van der Waals surface area contributed by atoms with Gasteiger partial charge in [-0.3, -0.25) is 10.1 Å². The van der Waals surface area contributed by atoms with E-state index in [2.05, 4.69) is 15.5 Å². The van der Waals surface area contributed by atoms with Crippen molar-refractivity contribution in [1.82, 2.24) is 15.5 Å². The monoisotopic (exact) mass is 274 g/mol. The molecule has 0 amide bonds. The van der Waals surface area contributed by atoms with Gasteiger partial charge in [0.1, 0.15) is 0 Å². The Bertz CT molecular complexity index is 649. The topological polar surface area (TPSA) is 94.1 Å². The normalized spacial score (nSPS) is 15.1. The molecule has 1 N–H and O–H groups in total. The third kappa shape index (κ3) is 2.39. The number of aryl methyl sites for hydroxylation is 1. The van der Waals surface area contributed by atoms with Crippen LogP contribution in [0.15, 0.2) is 22.7 Å². The second kappa shape index (κ2) is 5.01. The number of nitrogens with zero attached hydrogens (tertiary/aromatic N) is 3. The first-order valence-electron chi connectivity index (χ1n) is 6.42. The first kappa shape index (κ1) is 12.7. The molecule has 7 nitrogen and oxygen atoms in total. The molecule has 0 spiro atoms. The van der Waals surface area contributed by atoms with Crippen molar-refractivity contribution in [3.8, 4) is 11.4 Å². The van der Waals surface area contributed by atoms with Crippen molar-refractivity contribution < 1.29 is 9.45 Å². The zero-order valence-corrected chi connectivity index (χ0v) is 11.0. The lowest BCUT2D eigenvalue weighted by molar-refractivity contribution is -0.384. The molecule has 0 bridgehead atoms. The molecule has 2 heterocycles. The molecule has 2 aromatic rings. The summed E-state index contributed by atoms with van der Waals surface area (Å²) in [5, 5.41) is 17.9. The van der Waals surface area contributed by atoms with Gasteiger partial charge in [0.05, 0.1) is 4.92 Å². The van der Waals surface area contributed by atoms with Gasteiger partial charge in [-0.05, 0) is 31.5 Å². The highest BCUT2D eigenvalue weighted by Crippen LogP contribution is 2.26. The molecule has 7 heteroatoms. The van der Waals surface area contributed by atoms with Crippen LogP contribution in [0.25, 0.3) is 11.4 Å². The van der Waals surface area contributed by atoms with Crippen LogP contribution < -0.4 is 5.32 Å². The van der Waals surface area contributed by atoms with Gasteiger partial charge in [0.15, 0.2) is 0 Å². The number of non-ortho nitro benzene ring substituents is 1. The molecule has 0 radical (unpaired) electrons. The Balaban J connectivity index is 1.88. The summed E-state index contributed by atoms with van der Waals surface area (Å²) in [6, 6.07) is 4.65. The van der Waals surface area contributed by atoms with Crippen LogP contribution in [0.3, 0.4) is 0 Å². The Morgan fingerprint density at radius 2 is 2.30 bits per heavy atom. The fraction of sp³-hybridized carbons (Fsp3) is 0.385. The largest absolute Gasteiger partial charge is 0.339 e. The van der Waals surface area contributed by atoms with E-state index < -0.39 is 4.92 Å². The number of hydrogen-bond acceptors (Lipinski definition) is 6. The summed E-state index contributed by atoms with van der Waals surface area (Å²) >= 11 is 0. The summed E-state index contributed by atoms with van der Waals surface area (Å²) in [5.41, 5.74) is 1.55. The summed E-state index contributed by atoms with van der Waals surface area (Å²) < 4.78 is 5.22. The summed E-state index contributed by atoms with van der Waals surface area (Å²) in [6.45, 7) is 3.80. The molecule has 20 heavy (non-hydrogen) atoms. The maximum Gasteiger partial charge on any atom is 0.270 e. The number of hydrogen-bond donors (Lipinski definition) is 1. The molecular weight excluding hydrogens is 260 g/mol. The van der Waals surface area contributed by atoms with E-state index in [1.165, 1.54) is 12.1 Å². The first-order valence-corrected chi connectivity index (χ1v) is 6.42. The molecule has 0 unspecified atom stereocenters. The fourth-order valence-corrected chi connectivity index (χ4v) is 2.15. The Hall–Kier alpha value is -2.28. The lowest BCUT2D eigenvalue weighted by Crippen LogP contribution is -2.43. The van der Waals surface area contributed by atoms with Crippen LogP contribution in [0.1, 0.15) is 11.5 Å². The zero-order chi connectivity index (χ0) is 14.1. The molecule has 1 aliphatic rings. The fourth-order valence-electron chi connectivity index (χ4n) is 2.15. The molecule has 0 aliphatic carbocycles. The van der Waals surface area contributed by atoms with Gasteiger partial charge in [0.25, 0.3) is 5.69 Å². The zero-order valence-electron chi connectivity index (χ0n) is 11.0. The number of nitro benzene ring substituents is 1. The van der Waals surface area contributed by atoms with Gasteiger partial charge in [-0.1, -0.05) is 11.2 Å². The molecule has 1 aliphatic heterocycles. The van der Waals surface area contributed by atoms with Gasteiger partial charge in [-0.15, -0.1) is 0 Å². The number of nitro groups is 1. The van der Waals surface area contributed by atoms with Crippen molar-refractivity contribution in [2.75, 3.05) is 13.1 Å². The summed E-state index contributed by atoms with van der Waals surface area (Å²) in [7, 11) is 0. The maximum absolute atomic E-state index is 10.8. The average Bonchev–Trinajstić information content (AvgIpc) is 2.82. The van der Waals surface area contributed by atoms with Crippen LogP contribution in [0, 0.1) is 23.0 Å². The Kier molecular flexibility index (Phi) is 3.19. The van der Waals surface area contributed by atoms with E-state index in [9.17, 15) is 10.1 Å². The van der Waals surface area contributed by atoms with Gasteiger partial charge >= 0.3 is 0 Å². The lowest BCUT2D eigenvalue weighted by Gasteiger charge is -2.25. The third-order valence-corrected chi connectivity index (χ3v) is 3.47. The van der Waals surface area contributed by atoms with Crippen LogP contribution in [-0.2, 0) is 6.42 Å². The van der Waals surface area contributed by atoms with E-state index in [4.69, 9.17) is 4.52 Å². The van der Waals surface area contributed by atoms with Crippen LogP contribution in [0.5, 0.6) is 0 Å². The minimum atomic E-state index is -0.427. The van der Waals surface area contributed by atoms with Crippen LogP contribution in [0.2, 0.25) is 0 Å². The summed E-state index contributed by atoms with van der Waals surface area (Å²) in [4.78, 5) is 14.7. The Morgan fingerprint density at radius 3 is 2.95 bits per heavy atom. The number of aromatic nitrogens is 2. The Labute approximate surface area is 115 Å². The van der Waals surface area contributed by atoms with Crippen LogP contribution in [0.4, 0.5) is 5.69 Å². The molecule has 0 atom stereocenters. The minimum Gasteiger partial charge on any atom is -0.339 e. The summed E-state index contributed by atoms with van der Waals surface area (Å²) in [5.74, 6) is 1.53. The van der Waals surface area contributed by atoms with E-state index in [1.807, 2.05) is 6.92 Å². The highest BCUT2D eigenvalue weighted by Gasteiger charge is 2.21. The number of rotatable bonds is 4. The summed E-state index contributed by atoms with van der Waals surface area (Å²) in [6.07, 6.45) is 0.744. The highest BCUT2D eigenvalue weighted by molar-refractivity contribution is 5.63. The second-order valence-electron chi connectivity index (χ2n) is 5.00. The van der Waals surface area contributed by atoms with Gasteiger partial charge in [-0.2, -0.15) is 4.98 Å². The molecular formula is C13H14N4O3. The van der Waals surface area contributed by atoms with Gasteiger partial charge in [0, 0.05) is 24.1 Å². The minimum absolute atomic E-state index is 0.0279. The van der Waals surface area contributed by atoms with E-state index in [0.717, 1.165) is 25.1 Å². The van der Waals surface area contributed by atoms with E-state index in [-0.39, 0.29) is 5.69 Å². The predicted octanol–water partition coefficient (Wildman–Crippen LogP) is 1.72. The molecule has 1 saturated heterocycles. The van der Waals surface area contributed by atoms with Crippen LogP contribution >= 0.6 is 0 Å². The predicted molar refractivity (Wildman–Crippen MR) is 71.2 cm³/mol. The molecule has 1 aromatic carbocycles.